The van der Waals surface area contributed by atoms with Crippen LogP contribution in [0.3, 0.4) is 0 Å². The summed E-state index contributed by atoms with van der Waals surface area (Å²) in [5.41, 5.74) is 7.57. The van der Waals surface area contributed by atoms with E-state index >= 15 is 0 Å². The Morgan fingerprint density at radius 3 is 2.74 bits per heavy atom. The van der Waals surface area contributed by atoms with Gasteiger partial charge >= 0.3 is 0 Å². The number of benzene rings is 1. The minimum Gasteiger partial charge on any atom is -0.389 e. The lowest BCUT2D eigenvalue weighted by molar-refractivity contribution is 0.640. The highest BCUT2D eigenvalue weighted by Gasteiger charge is 2.32. The molecule has 1 aliphatic rings. The van der Waals surface area contributed by atoms with Gasteiger partial charge in [-0.05, 0) is 37.3 Å². The maximum absolute atomic E-state index is 6.06. The zero-order valence-corrected chi connectivity index (χ0v) is 13.4. The molecule has 1 aromatic carbocycles. The maximum atomic E-state index is 6.06. The molecule has 1 fully saturated rings. The second kappa shape index (κ2) is 6.33. The monoisotopic (exact) mass is 314 g/mol. The van der Waals surface area contributed by atoms with Crippen LogP contribution >= 0.6 is 35.6 Å². The lowest BCUT2D eigenvalue weighted by atomic mass is 10.1. The number of hydrogen-bond donors (Lipinski definition) is 2. The molecule has 0 unspecified atom stereocenters. The number of hydrogen-bond acceptors (Lipinski definition) is 3. The molecule has 0 radical (unpaired) electrons. The summed E-state index contributed by atoms with van der Waals surface area (Å²) in [6, 6.07) is 5.60. The Kier molecular flexibility index (Phi) is 4.98. The standard InChI is InChI=1S/C14H19ClN2S2/c1-19-14(6-2-3-7-14)9-17-12-8-10(15)4-5-11(12)13(16)18/h4-5,8,17H,2-3,6-7,9H2,1H3,(H2,16,18). The Morgan fingerprint density at radius 1 is 1.47 bits per heavy atom. The zero-order valence-electron chi connectivity index (χ0n) is 11.0. The molecule has 3 N–H and O–H groups in total. The Balaban J connectivity index is 2.14. The number of nitrogens with one attached hydrogen (secondary N) is 1. The molecule has 2 rings (SSSR count). The van der Waals surface area contributed by atoms with Gasteiger partial charge < -0.3 is 11.1 Å². The molecular formula is C14H19ClN2S2. The first-order valence-corrected chi connectivity index (χ1v) is 8.46. The van der Waals surface area contributed by atoms with E-state index in [-0.39, 0.29) is 0 Å². The summed E-state index contributed by atoms with van der Waals surface area (Å²) in [4.78, 5) is 0.406. The first kappa shape index (κ1) is 14.9. The summed E-state index contributed by atoms with van der Waals surface area (Å²) < 4.78 is 0.343. The molecule has 0 heterocycles. The third kappa shape index (κ3) is 3.56. The predicted octanol–water partition coefficient (Wildman–Crippen LogP) is 4.06. The molecule has 5 heteroatoms. The van der Waals surface area contributed by atoms with Crippen molar-refractivity contribution in [1.82, 2.24) is 0 Å². The van der Waals surface area contributed by atoms with E-state index in [1.807, 2.05) is 30.0 Å². The van der Waals surface area contributed by atoms with Crippen LogP contribution < -0.4 is 11.1 Å². The fourth-order valence-corrected chi connectivity index (χ4v) is 3.87. The van der Waals surface area contributed by atoms with Crippen molar-refractivity contribution >= 4 is 46.3 Å². The van der Waals surface area contributed by atoms with Crippen molar-refractivity contribution in [3.05, 3.63) is 28.8 Å². The Bertz CT molecular complexity index is 471. The maximum Gasteiger partial charge on any atom is 0.106 e. The summed E-state index contributed by atoms with van der Waals surface area (Å²) in [6.07, 6.45) is 7.37. The van der Waals surface area contributed by atoms with Crippen molar-refractivity contribution < 1.29 is 0 Å². The first-order chi connectivity index (χ1) is 9.06. The fraction of sp³-hybridized carbons (Fsp3) is 0.500. The van der Waals surface area contributed by atoms with Crippen LogP contribution in [0.5, 0.6) is 0 Å². The summed E-state index contributed by atoms with van der Waals surface area (Å²) >= 11 is 13.1. The van der Waals surface area contributed by atoms with Gasteiger partial charge in [-0.2, -0.15) is 11.8 Å². The molecule has 1 aromatic rings. The van der Waals surface area contributed by atoms with Gasteiger partial charge in [-0.25, -0.2) is 0 Å². The molecule has 0 amide bonds. The van der Waals surface area contributed by atoms with Gasteiger partial charge in [-0.15, -0.1) is 0 Å². The normalized spacial score (nSPS) is 17.4. The Morgan fingerprint density at radius 2 is 2.16 bits per heavy atom. The Labute approximate surface area is 129 Å². The molecular weight excluding hydrogens is 296 g/mol. The highest BCUT2D eigenvalue weighted by atomic mass is 35.5. The van der Waals surface area contributed by atoms with Gasteiger partial charge in [0, 0.05) is 27.6 Å². The van der Waals surface area contributed by atoms with Crippen molar-refractivity contribution in [2.75, 3.05) is 18.1 Å². The van der Waals surface area contributed by atoms with Crippen LogP contribution in [0.4, 0.5) is 5.69 Å². The lowest BCUT2D eigenvalue weighted by Crippen LogP contribution is -2.30. The molecule has 2 nitrogen and oxygen atoms in total. The minimum atomic E-state index is 0.343. The predicted molar refractivity (Wildman–Crippen MR) is 90.5 cm³/mol. The summed E-state index contributed by atoms with van der Waals surface area (Å²) in [5.74, 6) is 0. The molecule has 0 saturated heterocycles. The molecule has 0 aromatic heterocycles. The smallest absolute Gasteiger partial charge is 0.106 e. The van der Waals surface area contributed by atoms with Crippen LogP contribution in [0, 0.1) is 0 Å². The van der Waals surface area contributed by atoms with Gasteiger partial charge in [-0.1, -0.05) is 36.7 Å². The average molecular weight is 315 g/mol. The molecule has 104 valence electrons. The lowest BCUT2D eigenvalue weighted by Gasteiger charge is -2.28. The third-order valence-electron chi connectivity index (χ3n) is 3.80. The van der Waals surface area contributed by atoms with E-state index in [1.165, 1.54) is 25.7 Å². The van der Waals surface area contributed by atoms with E-state index in [1.54, 1.807) is 0 Å². The number of halogens is 1. The van der Waals surface area contributed by atoms with Crippen molar-refractivity contribution in [1.29, 1.82) is 0 Å². The van der Waals surface area contributed by atoms with E-state index in [2.05, 4.69) is 11.6 Å². The van der Waals surface area contributed by atoms with Gasteiger partial charge in [0.1, 0.15) is 4.99 Å². The van der Waals surface area contributed by atoms with Crippen molar-refractivity contribution in [2.24, 2.45) is 5.73 Å². The molecule has 19 heavy (non-hydrogen) atoms. The third-order valence-corrected chi connectivity index (χ3v) is 5.67. The summed E-state index contributed by atoms with van der Waals surface area (Å²) in [5, 5.41) is 4.20. The number of thioether (sulfide) groups is 1. The second-order valence-electron chi connectivity index (χ2n) is 5.00. The summed E-state index contributed by atoms with van der Waals surface area (Å²) in [7, 11) is 0. The van der Waals surface area contributed by atoms with E-state index in [0.717, 1.165) is 17.8 Å². The number of rotatable bonds is 5. The van der Waals surface area contributed by atoms with Crippen molar-refractivity contribution in [3.8, 4) is 0 Å². The largest absolute Gasteiger partial charge is 0.389 e. The molecule has 1 aliphatic carbocycles. The van der Waals surface area contributed by atoms with E-state index in [9.17, 15) is 0 Å². The minimum absolute atomic E-state index is 0.343. The molecule has 0 spiro atoms. The SMILES string of the molecule is CSC1(CNc2cc(Cl)ccc2C(N)=S)CCCC1. The van der Waals surface area contributed by atoms with E-state index < -0.39 is 0 Å². The van der Waals surface area contributed by atoms with Crippen LogP contribution in [0.15, 0.2) is 18.2 Å². The van der Waals surface area contributed by atoms with Gasteiger partial charge in [-0.3, -0.25) is 0 Å². The quantitative estimate of drug-likeness (QED) is 0.804. The van der Waals surface area contributed by atoms with Crippen LogP contribution in [0.1, 0.15) is 31.2 Å². The highest BCUT2D eigenvalue weighted by Crippen LogP contribution is 2.40. The van der Waals surface area contributed by atoms with Crippen molar-refractivity contribution in [3.63, 3.8) is 0 Å². The van der Waals surface area contributed by atoms with E-state index in [0.29, 0.717) is 14.8 Å². The summed E-state index contributed by atoms with van der Waals surface area (Å²) in [6.45, 7) is 0.935. The van der Waals surface area contributed by atoms with Gasteiger partial charge in [0.05, 0.1) is 0 Å². The topological polar surface area (TPSA) is 38.0 Å². The highest BCUT2D eigenvalue weighted by molar-refractivity contribution is 8.00. The Hall–Kier alpha value is -0.450. The molecule has 0 bridgehead atoms. The van der Waals surface area contributed by atoms with E-state index in [4.69, 9.17) is 29.6 Å². The number of anilines is 1. The van der Waals surface area contributed by atoms with Gasteiger partial charge in [0.25, 0.3) is 0 Å². The zero-order chi connectivity index (χ0) is 13.9. The van der Waals surface area contributed by atoms with Crippen LogP contribution in [-0.4, -0.2) is 22.5 Å². The van der Waals surface area contributed by atoms with Gasteiger partial charge in [0.15, 0.2) is 0 Å². The average Bonchev–Trinajstić information content (AvgIpc) is 2.85. The van der Waals surface area contributed by atoms with Crippen LogP contribution in [0.25, 0.3) is 0 Å². The van der Waals surface area contributed by atoms with Crippen LogP contribution in [0.2, 0.25) is 5.02 Å². The molecule has 1 saturated carbocycles. The number of thiocarbonyl (C=S) groups is 1. The fourth-order valence-electron chi connectivity index (χ4n) is 2.61. The van der Waals surface area contributed by atoms with Gasteiger partial charge in [0.2, 0.25) is 0 Å². The van der Waals surface area contributed by atoms with Crippen LogP contribution in [-0.2, 0) is 0 Å². The second-order valence-corrected chi connectivity index (χ2v) is 7.15. The first-order valence-electron chi connectivity index (χ1n) is 6.45. The molecule has 0 aliphatic heterocycles. The number of nitrogens with two attached hydrogens (primary N) is 1. The molecule has 0 atom stereocenters. The van der Waals surface area contributed by atoms with Crippen molar-refractivity contribution in [2.45, 2.75) is 30.4 Å².